The van der Waals surface area contributed by atoms with Gasteiger partial charge in [0.2, 0.25) is 5.91 Å². The lowest BCUT2D eigenvalue weighted by Gasteiger charge is -2.32. The molecule has 1 saturated heterocycles. The van der Waals surface area contributed by atoms with Crippen LogP contribution in [0.5, 0.6) is 0 Å². The number of aryl methyl sites for hydroxylation is 1. The van der Waals surface area contributed by atoms with Crippen LogP contribution in [0.3, 0.4) is 0 Å². The van der Waals surface area contributed by atoms with Crippen LogP contribution in [0.1, 0.15) is 36.9 Å². The number of carbonyl (C=O) groups excluding carboxylic acids is 1. The second-order valence-electron chi connectivity index (χ2n) is 6.06. The average Bonchev–Trinajstić information content (AvgIpc) is 3.31. The summed E-state index contributed by atoms with van der Waals surface area (Å²) in [7, 11) is 0. The predicted molar refractivity (Wildman–Crippen MR) is 78.1 cm³/mol. The minimum atomic E-state index is 0.359. The van der Waals surface area contributed by atoms with E-state index in [4.69, 9.17) is 0 Å². The summed E-state index contributed by atoms with van der Waals surface area (Å²) < 4.78 is 0. The molecule has 4 heteroatoms. The summed E-state index contributed by atoms with van der Waals surface area (Å²) in [6.07, 6.45) is 6.29. The van der Waals surface area contributed by atoms with Crippen LogP contribution >= 0.6 is 0 Å². The third-order valence-electron chi connectivity index (χ3n) is 4.30. The van der Waals surface area contributed by atoms with Gasteiger partial charge in [-0.2, -0.15) is 0 Å². The fourth-order valence-corrected chi connectivity index (χ4v) is 2.76. The molecule has 1 saturated carbocycles. The quantitative estimate of drug-likeness (QED) is 0.911. The number of likely N-dealkylation sites (tertiary alicyclic amines) is 1. The van der Waals surface area contributed by atoms with E-state index in [1.165, 1.54) is 5.56 Å². The molecule has 0 atom stereocenters. The first-order valence-corrected chi connectivity index (χ1v) is 7.66. The highest BCUT2D eigenvalue weighted by molar-refractivity contribution is 5.81. The van der Waals surface area contributed by atoms with E-state index in [2.05, 4.69) is 21.3 Å². The van der Waals surface area contributed by atoms with Crippen molar-refractivity contribution in [2.45, 2.75) is 45.2 Å². The molecule has 0 aromatic carbocycles. The summed E-state index contributed by atoms with van der Waals surface area (Å²) in [5.74, 6) is 0.754. The first kappa shape index (κ1) is 13.6. The van der Waals surface area contributed by atoms with E-state index in [-0.39, 0.29) is 0 Å². The van der Waals surface area contributed by atoms with Crippen molar-refractivity contribution >= 4 is 5.91 Å². The van der Waals surface area contributed by atoms with Gasteiger partial charge < -0.3 is 10.2 Å². The summed E-state index contributed by atoms with van der Waals surface area (Å²) >= 11 is 0. The van der Waals surface area contributed by atoms with Crippen LogP contribution in [0.2, 0.25) is 0 Å². The molecule has 1 aromatic heterocycles. The van der Waals surface area contributed by atoms with Crippen LogP contribution in [-0.2, 0) is 11.3 Å². The van der Waals surface area contributed by atoms with Gasteiger partial charge >= 0.3 is 0 Å². The molecule has 1 amide bonds. The molecular formula is C16H23N3O. The van der Waals surface area contributed by atoms with Crippen LogP contribution in [0, 0.1) is 12.8 Å². The van der Waals surface area contributed by atoms with E-state index in [0.29, 0.717) is 17.9 Å². The predicted octanol–water partition coefficient (Wildman–Crippen LogP) is 1.88. The largest absolute Gasteiger partial charge is 0.342 e. The molecule has 1 aliphatic carbocycles. The molecule has 1 N–H and O–H groups in total. The Bertz CT molecular complexity index is 459. The number of aromatic nitrogens is 1. The molecule has 0 bridgehead atoms. The molecule has 20 heavy (non-hydrogen) atoms. The zero-order chi connectivity index (χ0) is 13.9. The molecule has 4 nitrogen and oxygen atoms in total. The van der Waals surface area contributed by atoms with Gasteiger partial charge in [-0.1, -0.05) is 6.07 Å². The first-order valence-electron chi connectivity index (χ1n) is 7.66. The Morgan fingerprint density at radius 1 is 1.30 bits per heavy atom. The van der Waals surface area contributed by atoms with Crippen molar-refractivity contribution in [3.8, 4) is 0 Å². The second-order valence-corrected chi connectivity index (χ2v) is 6.06. The van der Waals surface area contributed by atoms with Crippen LogP contribution in [0.15, 0.2) is 18.3 Å². The lowest BCUT2D eigenvalue weighted by atomic mass is 10.0. The van der Waals surface area contributed by atoms with Crippen LogP contribution in [0.25, 0.3) is 0 Å². The lowest BCUT2D eigenvalue weighted by molar-refractivity contribution is -0.133. The third kappa shape index (κ3) is 3.37. The van der Waals surface area contributed by atoms with Gasteiger partial charge in [0.25, 0.3) is 0 Å². The maximum absolute atomic E-state index is 12.0. The van der Waals surface area contributed by atoms with Crippen molar-refractivity contribution in [2.24, 2.45) is 5.92 Å². The van der Waals surface area contributed by atoms with Crippen molar-refractivity contribution in [1.29, 1.82) is 0 Å². The Labute approximate surface area is 120 Å². The van der Waals surface area contributed by atoms with Gasteiger partial charge in [-0.15, -0.1) is 0 Å². The molecule has 1 aromatic rings. The fourth-order valence-electron chi connectivity index (χ4n) is 2.76. The number of piperidine rings is 1. The normalized spacial score (nSPS) is 20.1. The highest BCUT2D eigenvalue weighted by atomic mass is 16.2. The van der Waals surface area contributed by atoms with Crippen molar-refractivity contribution in [3.05, 3.63) is 29.6 Å². The van der Waals surface area contributed by atoms with Gasteiger partial charge in [0.1, 0.15) is 0 Å². The number of pyridine rings is 1. The first-order chi connectivity index (χ1) is 9.72. The molecule has 1 aliphatic heterocycles. The van der Waals surface area contributed by atoms with Gasteiger partial charge in [0.15, 0.2) is 0 Å². The minimum absolute atomic E-state index is 0.359. The van der Waals surface area contributed by atoms with E-state index in [1.54, 1.807) is 0 Å². The molecule has 0 unspecified atom stereocenters. The second kappa shape index (κ2) is 5.92. The summed E-state index contributed by atoms with van der Waals surface area (Å²) in [5.41, 5.74) is 2.28. The molecule has 2 heterocycles. The SMILES string of the molecule is Cc1ccc(CNC2CCN(C(=O)C3CC3)CC2)cn1. The smallest absolute Gasteiger partial charge is 0.225 e. The molecular weight excluding hydrogens is 250 g/mol. The molecule has 108 valence electrons. The van der Waals surface area contributed by atoms with Crippen molar-refractivity contribution in [1.82, 2.24) is 15.2 Å². The maximum atomic E-state index is 12.0. The fraction of sp³-hybridized carbons (Fsp3) is 0.625. The summed E-state index contributed by atoms with van der Waals surface area (Å²) in [4.78, 5) is 18.3. The number of nitrogens with one attached hydrogen (secondary N) is 1. The van der Waals surface area contributed by atoms with Crippen molar-refractivity contribution in [3.63, 3.8) is 0 Å². The van der Waals surface area contributed by atoms with Gasteiger partial charge in [-0.25, -0.2) is 0 Å². The number of carbonyl (C=O) groups is 1. The number of amides is 1. The molecule has 2 aliphatic rings. The van der Waals surface area contributed by atoms with E-state index in [9.17, 15) is 4.79 Å². The number of rotatable bonds is 4. The van der Waals surface area contributed by atoms with E-state index in [1.807, 2.05) is 19.2 Å². The van der Waals surface area contributed by atoms with Crippen LogP contribution < -0.4 is 5.32 Å². The number of hydrogen-bond acceptors (Lipinski definition) is 3. The lowest BCUT2D eigenvalue weighted by Crippen LogP contribution is -2.45. The highest BCUT2D eigenvalue weighted by Gasteiger charge is 2.34. The van der Waals surface area contributed by atoms with Gasteiger partial charge in [-0.05, 0) is 44.2 Å². The monoisotopic (exact) mass is 273 g/mol. The molecule has 3 rings (SSSR count). The maximum Gasteiger partial charge on any atom is 0.225 e. The van der Waals surface area contributed by atoms with Gasteiger partial charge in [0, 0.05) is 43.5 Å². The topological polar surface area (TPSA) is 45.2 Å². The van der Waals surface area contributed by atoms with Crippen molar-refractivity contribution in [2.75, 3.05) is 13.1 Å². The zero-order valence-electron chi connectivity index (χ0n) is 12.1. The van der Waals surface area contributed by atoms with E-state index >= 15 is 0 Å². The van der Waals surface area contributed by atoms with E-state index < -0.39 is 0 Å². The van der Waals surface area contributed by atoms with Crippen LogP contribution in [-0.4, -0.2) is 34.9 Å². The number of hydrogen-bond donors (Lipinski definition) is 1. The molecule has 0 radical (unpaired) electrons. The average molecular weight is 273 g/mol. The van der Waals surface area contributed by atoms with E-state index in [0.717, 1.165) is 51.0 Å². The molecule has 0 spiro atoms. The van der Waals surface area contributed by atoms with Crippen LogP contribution in [0.4, 0.5) is 0 Å². The Morgan fingerprint density at radius 2 is 2.05 bits per heavy atom. The Hall–Kier alpha value is -1.42. The third-order valence-corrected chi connectivity index (χ3v) is 4.30. The standard InChI is InChI=1S/C16H23N3O/c1-12-2-3-13(10-17-12)11-18-15-6-8-19(9-7-15)16(20)14-4-5-14/h2-3,10,14-15,18H,4-9,11H2,1H3. The van der Waals surface area contributed by atoms with Crippen molar-refractivity contribution < 1.29 is 4.79 Å². The van der Waals surface area contributed by atoms with Gasteiger partial charge in [0.05, 0.1) is 0 Å². The Morgan fingerprint density at radius 3 is 2.65 bits per heavy atom. The summed E-state index contributed by atoms with van der Waals surface area (Å²) in [6, 6.07) is 4.70. The summed E-state index contributed by atoms with van der Waals surface area (Å²) in [5, 5.41) is 3.58. The summed E-state index contributed by atoms with van der Waals surface area (Å²) in [6.45, 7) is 4.70. The minimum Gasteiger partial charge on any atom is -0.342 e. The van der Waals surface area contributed by atoms with Gasteiger partial charge in [-0.3, -0.25) is 9.78 Å². The highest BCUT2D eigenvalue weighted by Crippen LogP contribution is 2.31. The zero-order valence-corrected chi connectivity index (χ0v) is 12.1. The number of nitrogens with zero attached hydrogens (tertiary/aromatic N) is 2. The molecule has 2 fully saturated rings. The Balaban J connectivity index is 1.42. The Kier molecular flexibility index (Phi) is 4.01.